The first-order valence-electron chi connectivity index (χ1n) is 8.66. The van der Waals surface area contributed by atoms with Crippen LogP contribution in [0.15, 0.2) is 48.5 Å². The van der Waals surface area contributed by atoms with Crippen molar-refractivity contribution >= 4 is 11.8 Å². The number of methoxy groups -OCH3 is 1. The standard InChI is InChI=1S/C20H19F3N2O3/c1-28-17-8-3-2-6-15(17)13-25-10-9-24(18(26)19(25)27)12-14-5-4-7-16(11-14)20(21,22)23/h2-8,11H,9-10,12-13H2,1H3. The Morgan fingerprint density at radius 1 is 0.929 bits per heavy atom. The topological polar surface area (TPSA) is 49.9 Å². The molecule has 1 saturated heterocycles. The van der Waals surface area contributed by atoms with Crippen LogP contribution in [0.4, 0.5) is 13.2 Å². The number of rotatable bonds is 5. The van der Waals surface area contributed by atoms with Crippen molar-refractivity contribution in [2.45, 2.75) is 19.3 Å². The summed E-state index contributed by atoms with van der Waals surface area (Å²) in [4.78, 5) is 27.6. The van der Waals surface area contributed by atoms with Gasteiger partial charge in [-0.2, -0.15) is 13.2 Å². The highest BCUT2D eigenvalue weighted by Crippen LogP contribution is 2.30. The van der Waals surface area contributed by atoms with Crippen LogP contribution < -0.4 is 4.74 Å². The van der Waals surface area contributed by atoms with E-state index in [1.165, 1.54) is 29.0 Å². The fourth-order valence-corrected chi connectivity index (χ4v) is 3.12. The Bertz CT molecular complexity index is 883. The highest BCUT2D eigenvalue weighted by molar-refractivity contribution is 6.35. The molecule has 0 bridgehead atoms. The largest absolute Gasteiger partial charge is 0.496 e. The number of para-hydroxylation sites is 1. The van der Waals surface area contributed by atoms with Gasteiger partial charge in [0.1, 0.15) is 5.75 Å². The number of hydrogen-bond acceptors (Lipinski definition) is 3. The average Bonchev–Trinajstić information content (AvgIpc) is 2.67. The molecule has 28 heavy (non-hydrogen) atoms. The number of halogens is 3. The van der Waals surface area contributed by atoms with Crippen LogP contribution >= 0.6 is 0 Å². The summed E-state index contributed by atoms with van der Waals surface area (Å²) in [5, 5.41) is 0. The molecule has 0 spiro atoms. The van der Waals surface area contributed by atoms with Gasteiger partial charge in [-0.05, 0) is 23.8 Å². The van der Waals surface area contributed by atoms with Crippen LogP contribution in [0.5, 0.6) is 5.75 Å². The number of hydrogen-bond donors (Lipinski definition) is 0. The lowest BCUT2D eigenvalue weighted by Gasteiger charge is -2.34. The van der Waals surface area contributed by atoms with Crippen LogP contribution in [-0.4, -0.2) is 41.8 Å². The molecule has 0 aliphatic carbocycles. The maximum Gasteiger partial charge on any atom is 0.416 e. The Labute approximate surface area is 160 Å². The predicted octanol–water partition coefficient (Wildman–Crippen LogP) is 3.09. The number of benzene rings is 2. The highest BCUT2D eigenvalue weighted by atomic mass is 19.4. The van der Waals surface area contributed by atoms with Crippen LogP contribution in [0.1, 0.15) is 16.7 Å². The van der Waals surface area contributed by atoms with Gasteiger partial charge in [0.05, 0.1) is 12.7 Å². The molecule has 2 aromatic rings. The second kappa shape index (κ2) is 7.92. The number of carbonyl (C=O) groups is 2. The summed E-state index contributed by atoms with van der Waals surface area (Å²) in [6, 6.07) is 12.0. The maximum absolute atomic E-state index is 12.9. The first-order valence-corrected chi connectivity index (χ1v) is 8.66. The Kier molecular flexibility index (Phi) is 5.58. The van der Waals surface area contributed by atoms with Crippen molar-refractivity contribution in [3.05, 3.63) is 65.2 Å². The van der Waals surface area contributed by atoms with Crippen molar-refractivity contribution in [1.82, 2.24) is 9.80 Å². The predicted molar refractivity (Wildman–Crippen MR) is 95.3 cm³/mol. The Balaban J connectivity index is 1.69. The molecule has 0 N–H and O–H groups in total. The zero-order valence-electron chi connectivity index (χ0n) is 15.2. The van der Waals surface area contributed by atoms with Gasteiger partial charge in [-0.15, -0.1) is 0 Å². The molecule has 1 aliphatic heterocycles. The van der Waals surface area contributed by atoms with E-state index in [1.807, 2.05) is 18.2 Å². The molecule has 0 aromatic heterocycles. The van der Waals surface area contributed by atoms with E-state index in [1.54, 1.807) is 6.07 Å². The smallest absolute Gasteiger partial charge is 0.416 e. The monoisotopic (exact) mass is 392 g/mol. The summed E-state index contributed by atoms with van der Waals surface area (Å²) in [6.45, 7) is 0.723. The summed E-state index contributed by atoms with van der Waals surface area (Å²) in [5.74, 6) is -0.781. The molecule has 2 amide bonds. The molecule has 2 aromatic carbocycles. The number of piperazine rings is 1. The van der Waals surface area contributed by atoms with Gasteiger partial charge in [-0.25, -0.2) is 0 Å². The average molecular weight is 392 g/mol. The van der Waals surface area contributed by atoms with Gasteiger partial charge in [-0.3, -0.25) is 9.59 Å². The lowest BCUT2D eigenvalue weighted by molar-refractivity contribution is -0.156. The van der Waals surface area contributed by atoms with E-state index in [2.05, 4.69) is 0 Å². The van der Waals surface area contributed by atoms with E-state index in [0.29, 0.717) is 17.9 Å². The number of amides is 2. The minimum absolute atomic E-state index is 0.0447. The molecule has 148 valence electrons. The van der Waals surface area contributed by atoms with E-state index < -0.39 is 23.6 Å². The van der Waals surface area contributed by atoms with Crippen molar-refractivity contribution in [3.63, 3.8) is 0 Å². The van der Waals surface area contributed by atoms with Crippen molar-refractivity contribution in [1.29, 1.82) is 0 Å². The van der Waals surface area contributed by atoms with Gasteiger partial charge in [0.15, 0.2) is 0 Å². The summed E-state index contributed by atoms with van der Waals surface area (Å²) in [6.07, 6.45) is -4.46. The molecular formula is C20H19F3N2O3. The Morgan fingerprint density at radius 3 is 2.21 bits per heavy atom. The molecule has 0 saturated carbocycles. The molecule has 0 atom stereocenters. The van der Waals surface area contributed by atoms with Crippen molar-refractivity contribution in [2.75, 3.05) is 20.2 Å². The molecule has 0 unspecified atom stereocenters. The van der Waals surface area contributed by atoms with Gasteiger partial charge in [0, 0.05) is 31.7 Å². The number of nitrogens with zero attached hydrogens (tertiary/aromatic N) is 2. The van der Waals surface area contributed by atoms with Crippen LogP contribution in [0.25, 0.3) is 0 Å². The summed E-state index contributed by atoms with van der Waals surface area (Å²) in [5.41, 5.74) is 0.324. The third kappa shape index (κ3) is 4.27. The van der Waals surface area contributed by atoms with Gasteiger partial charge in [0.2, 0.25) is 0 Å². The SMILES string of the molecule is COc1ccccc1CN1CCN(Cc2cccc(C(F)(F)F)c2)C(=O)C1=O. The van der Waals surface area contributed by atoms with E-state index in [0.717, 1.165) is 17.7 Å². The minimum atomic E-state index is -4.46. The molecule has 3 rings (SSSR count). The lowest BCUT2D eigenvalue weighted by atomic mass is 10.1. The minimum Gasteiger partial charge on any atom is -0.496 e. The summed E-state index contributed by atoms with van der Waals surface area (Å²) >= 11 is 0. The Hall–Kier alpha value is -3.03. The fraction of sp³-hybridized carbons (Fsp3) is 0.300. The number of carbonyl (C=O) groups excluding carboxylic acids is 2. The lowest BCUT2D eigenvalue weighted by Crippen LogP contribution is -2.53. The maximum atomic E-state index is 12.9. The van der Waals surface area contributed by atoms with Crippen molar-refractivity contribution in [2.24, 2.45) is 0 Å². The quantitative estimate of drug-likeness (QED) is 0.735. The van der Waals surface area contributed by atoms with Crippen LogP contribution in [0.3, 0.4) is 0 Å². The van der Waals surface area contributed by atoms with E-state index in [4.69, 9.17) is 4.74 Å². The second-order valence-electron chi connectivity index (χ2n) is 6.46. The van der Waals surface area contributed by atoms with Crippen LogP contribution in [-0.2, 0) is 28.9 Å². The zero-order chi connectivity index (χ0) is 20.3. The zero-order valence-corrected chi connectivity index (χ0v) is 15.2. The van der Waals surface area contributed by atoms with E-state index >= 15 is 0 Å². The normalized spacial score (nSPS) is 15.1. The molecular weight excluding hydrogens is 373 g/mol. The third-order valence-corrected chi connectivity index (χ3v) is 4.58. The molecule has 1 aliphatic rings. The van der Waals surface area contributed by atoms with E-state index in [-0.39, 0.29) is 19.6 Å². The van der Waals surface area contributed by atoms with Gasteiger partial charge in [0.25, 0.3) is 0 Å². The van der Waals surface area contributed by atoms with Crippen molar-refractivity contribution in [3.8, 4) is 5.75 Å². The molecule has 1 fully saturated rings. The number of alkyl halides is 3. The van der Waals surface area contributed by atoms with Crippen LogP contribution in [0, 0.1) is 0 Å². The first kappa shape index (κ1) is 19.7. The fourth-order valence-electron chi connectivity index (χ4n) is 3.12. The molecule has 0 radical (unpaired) electrons. The number of ether oxygens (including phenoxy) is 1. The Morgan fingerprint density at radius 2 is 1.57 bits per heavy atom. The molecule has 8 heteroatoms. The van der Waals surface area contributed by atoms with Gasteiger partial charge >= 0.3 is 18.0 Å². The van der Waals surface area contributed by atoms with Gasteiger partial charge in [-0.1, -0.05) is 30.3 Å². The second-order valence-corrected chi connectivity index (χ2v) is 6.46. The highest BCUT2D eigenvalue weighted by Gasteiger charge is 2.34. The van der Waals surface area contributed by atoms with E-state index in [9.17, 15) is 22.8 Å². The summed E-state index contributed by atoms with van der Waals surface area (Å²) < 4.78 is 43.8. The third-order valence-electron chi connectivity index (χ3n) is 4.58. The molecule has 5 nitrogen and oxygen atoms in total. The van der Waals surface area contributed by atoms with Crippen molar-refractivity contribution < 1.29 is 27.5 Å². The first-order chi connectivity index (χ1) is 13.3. The van der Waals surface area contributed by atoms with Gasteiger partial charge < -0.3 is 14.5 Å². The van der Waals surface area contributed by atoms with Crippen LogP contribution in [0.2, 0.25) is 0 Å². The summed E-state index contributed by atoms with van der Waals surface area (Å²) in [7, 11) is 1.53. The molecule has 1 heterocycles.